The lowest BCUT2D eigenvalue weighted by Crippen LogP contribution is -2.21. The van der Waals surface area contributed by atoms with Crippen LogP contribution in [0.5, 0.6) is 0 Å². The lowest BCUT2D eigenvalue weighted by atomic mass is 9.81. The van der Waals surface area contributed by atoms with Crippen LogP contribution in [0.1, 0.15) is 50.2 Å². The first-order valence-electron chi connectivity index (χ1n) is 7.35. The van der Waals surface area contributed by atoms with Gasteiger partial charge in [-0.1, -0.05) is 32.3 Å². The Hall–Kier alpha value is -0.890. The fourth-order valence-electron chi connectivity index (χ4n) is 3.08. The Bertz CT molecular complexity index is 362. The van der Waals surface area contributed by atoms with Gasteiger partial charge in [0, 0.05) is 18.9 Å². The summed E-state index contributed by atoms with van der Waals surface area (Å²) in [5.74, 6) is 1.90. The SMILES string of the molecule is Cc1cncc(CNCCC2CCCC(C)C2)c1. The normalized spacial score (nSPS) is 24.1. The summed E-state index contributed by atoms with van der Waals surface area (Å²) in [5.41, 5.74) is 2.54. The van der Waals surface area contributed by atoms with E-state index in [2.05, 4.69) is 30.2 Å². The maximum Gasteiger partial charge on any atom is 0.0313 e. The van der Waals surface area contributed by atoms with Crippen molar-refractivity contribution in [2.45, 2.75) is 52.5 Å². The molecule has 0 amide bonds. The topological polar surface area (TPSA) is 24.9 Å². The lowest BCUT2D eigenvalue weighted by molar-refractivity contribution is 0.267. The molecule has 1 aliphatic carbocycles. The Morgan fingerprint density at radius 1 is 1.33 bits per heavy atom. The Morgan fingerprint density at radius 3 is 3.00 bits per heavy atom. The molecule has 2 heteroatoms. The highest BCUT2D eigenvalue weighted by molar-refractivity contribution is 5.16. The van der Waals surface area contributed by atoms with E-state index in [0.29, 0.717) is 0 Å². The minimum absolute atomic E-state index is 0.949. The van der Waals surface area contributed by atoms with E-state index in [1.165, 1.54) is 43.2 Å². The van der Waals surface area contributed by atoms with Crippen molar-refractivity contribution >= 4 is 0 Å². The Labute approximate surface area is 111 Å². The Balaban J connectivity index is 1.64. The minimum Gasteiger partial charge on any atom is -0.313 e. The predicted octanol–water partition coefficient (Wildman–Crippen LogP) is 3.70. The summed E-state index contributed by atoms with van der Waals surface area (Å²) in [7, 11) is 0. The van der Waals surface area contributed by atoms with Crippen LogP contribution in [0.2, 0.25) is 0 Å². The number of pyridine rings is 1. The molecule has 1 aromatic rings. The van der Waals surface area contributed by atoms with Gasteiger partial charge in [0.05, 0.1) is 0 Å². The number of nitrogens with one attached hydrogen (secondary N) is 1. The largest absolute Gasteiger partial charge is 0.313 e. The molecule has 2 rings (SSSR count). The van der Waals surface area contributed by atoms with Crippen LogP contribution in [0.4, 0.5) is 0 Å². The molecule has 1 N–H and O–H groups in total. The first-order chi connectivity index (χ1) is 8.74. The number of hydrogen-bond acceptors (Lipinski definition) is 2. The molecular weight excluding hydrogens is 220 g/mol. The van der Waals surface area contributed by atoms with Crippen LogP contribution in [0.25, 0.3) is 0 Å². The number of nitrogens with zero attached hydrogens (tertiary/aromatic N) is 1. The van der Waals surface area contributed by atoms with Gasteiger partial charge in [-0.3, -0.25) is 4.98 Å². The van der Waals surface area contributed by atoms with Crippen molar-refractivity contribution in [2.24, 2.45) is 11.8 Å². The zero-order chi connectivity index (χ0) is 12.8. The first kappa shape index (κ1) is 13.5. The van der Waals surface area contributed by atoms with Crippen molar-refractivity contribution in [3.05, 3.63) is 29.6 Å². The van der Waals surface area contributed by atoms with Gasteiger partial charge >= 0.3 is 0 Å². The second-order valence-corrected chi connectivity index (χ2v) is 5.97. The summed E-state index contributed by atoms with van der Waals surface area (Å²) in [6.45, 7) is 6.60. The second kappa shape index (κ2) is 6.89. The molecule has 0 saturated heterocycles. The van der Waals surface area contributed by atoms with Crippen LogP contribution in [0.3, 0.4) is 0 Å². The van der Waals surface area contributed by atoms with E-state index in [1.54, 1.807) is 0 Å². The average Bonchev–Trinajstić information content (AvgIpc) is 2.35. The molecular formula is C16H26N2. The molecule has 0 radical (unpaired) electrons. The van der Waals surface area contributed by atoms with Crippen molar-refractivity contribution in [3.8, 4) is 0 Å². The lowest BCUT2D eigenvalue weighted by Gasteiger charge is -2.26. The zero-order valence-corrected chi connectivity index (χ0v) is 11.8. The summed E-state index contributed by atoms with van der Waals surface area (Å²) in [6, 6.07) is 2.21. The van der Waals surface area contributed by atoms with Crippen molar-refractivity contribution in [2.75, 3.05) is 6.54 Å². The number of rotatable bonds is 5. The van der Waals surface area contributed by atoms with E-state index in [0.717, 1.165) is 24.9 Å². The monoisotopic (exact) mass is 246 g/mol. The van der Waals surface area contributed by atoms with E-state index >= 15 is 0 Å². The zero-order valence-electron chi connectivity index (χ0n) is 11.8. The maximum absolute atomic E-state index is 4.22. The third-order valence-corrected chi connectivity index (χ3v) is 4.04. The maximum atomic E-state index is 4.22. The van der Waals surface area contributed by atoms with Crippen molar-refractivity contribution in [3.63, 3.8) is 0 Å². The molecule has 1 heterocycles. The predicted molar refractivity (Wildman–Crippen MR) is 76.4 cm³/mol. The molecule has 0 aromatic carbocycles. The smallest absolute Gasteiger partial charge is 0.0313 e. The van der Waals surface area contributed by atoms with Crippen LogP contribution < -0.4 is 5.32 Å². The van der Waals surface area contributed by atoms with Gasteiger partial charge in [-0.05, 0) is 49.3 Å². The van der Waals surface area contributed by atoms with Gasteiger partial charge in [0.2, 0.25) is 0 Å². The Kier molecular flexibility index (Phi) is 5.18. The van der Waals surface area contributed by atoms with E-state index in [-0.39, 0.29) is 0 Å². The van der Waals surface area contributed by atoms with Crippen LogP contribution in [-0.4, -0.2) is 11.5 Å². The minimum atomic E-state index is 0.949. The van der Waals surface area contributed by atoms with E-state index in [1.807, 2.05) is 12.4 Å². The molecule has 1 aliphatic rings. The van der Waals surface area contributed by atoms with Crippen LogP contribution in [-0.2, 0) is 6.54 Å². The third-order valence-electron chi connectivity index (χ3n) is 4.04. The molecule has 0 bridgehead atoms. The van der Waals surface area contributed by atoms with E-state index in [4.69, 9.17) is 0 Å². The molecule has 0 spiro atoms. The number of aromatic nitrogens is 1. The van der Waals surface area contributed by atoms with Gasteiger partial charge in [0.15, 0.2) is 0 Å². The average molecular weight is 246 g/mol. The molecule has 2 atom stereocenters. The summed E-state index contributed by atoms with van der Waals surface area (Å²) in [6.07, 6.45) is 11.0. The van der Waals surface area contributed by atoms with E-state index in [9.17, 15) is 0 Å². The van der Waals surface area contributed by atoms with Gasteiger partial charge in [-0.25, -0.2) is 0 Å². The third kappa shape index (κ3) is 4.41. The fourth-order valence-corrected chi connectivity index (χ4v) is 3.08. The van der Waals surface area contributed by atoms with Gasteiger partial charge in [0.25, 0.3) is 0 Å². The second-order valence-electron chi connectivity index (χ2n) is 5.97. The quantitative estimate of drug-likeness (QED) is 0.801. The van der Waals surface area contributed by atoms with Crippen LogP contribution >= 0.6 is 0 Å². The van der Waals surface area contributed by atoms with Crippen LogP contribution in [0.15, 0.2) is 18.5 Å². The van der Waals surface area contributed by atoms with Gasteiger partial charge in [-0.15, -0.1) is 0 Å². The van der Waals surface area contributed by atoms with Gasteiger partial charge in [-0.2, -0.15) is 0 Å². The molecule has 2 unspecified atom stereocenters. The fraction of sp³-hybridized carbons (Fsp3) is 0.688. The highest BCUT2D eigenvalue weighted by Crippen LogP contribution is 2.30. The van der Waals surface area contributed by atoms with E-state index < -0.39 is 0 Å². The molecule has 1 fully saturated rings. The molecule has 1 aromatic heterocycles. The standard InChI is InChI=1S/C16H26N2/c1-13-4-3-5-15(8-13)6-7-17-11-16-9-14(2)10-18-12-16/h9-10,12-13,15,17H,3-8,11H2,1-2H3. The summed E-state index contributed by atoms with van der Waals surface area (Å²) < 4.78 is 0. The summed E-state index contributed by atoms with van der Waals surface area (Å²) >= 11 is 0. The molecule has 1 saturated carbocycles. The number of hydrogen-bond donors (Lipinski definition) is 1. The van der Waals surface area contributed by atoms with Gasteiger partial charge < -0.3 is 5.32 Å². The van der Waals surface area contributed by atoms with Gasteiger partial charge in [0.1, 0.15) is 0 Å². The highest BCUT2D eigenvalue weighted by Gasteiger charge is 2.17. The molecule has 18 heavy (non-hydrogen) atoms. The molecule has 0 aliphatic heterocycles. The molecule has 2 nitrogen and oxygen atoms in total. The first-order valence-corrected chi connectivity index (χ1v) is 7.35. The molecule has 100 valence electrons. The number of aryl methyl sites for hydroxylation is 1. The Morgan fingerprint density at radius 2 is 2.22 bits per heavy atom. The summed E-state index contributed by atoms with van der Waals surface area (Å²) in [5, 5.41) is 3.55. The van der Waals surface area contributed by atoms with Crippen molar-refractivity contribution in [1.29, 1.82) is 0 Å². The highest BCUT2D eigenvalue weighted by atomic mass is 14.8. The van der Waals surface area contributed by atoms with Crippen LogP contribution in [0, 0.1) is 18.8 Å². The van der Waals surface area contributed by atoms with Crippen molar-refractivity contribution in [1.82, 2.24) is 10.3 Å². The van der Waals surface area contributed by atoms with Crippen molar-refractivity contribution < 1.29 is 0 Å². The summed E-state index contributed by atoms with van der Waals surface area (Å²) in [4.78, 5) is 4.22.